The van der Waals surface area contributed by atoms with Gasteiger partial charge in [-0.05, 0) is 24.7 Å². The molecule has 0 unspecified atom stereocenters. The Morgan fingerprint density at radius 1 is 1.27 bits per heavy atom. The van der Waals surface area contributed by atoms with Gasteiger partial charge in [0.15, 0.2) is 0 Å². The van der Waals surface area contributed by atoms with Crippen LogP contribution in [0, 0.1) is 5.92 Å². The van der Waals surface area contributed by atoms with E-state index in [1.165, 1.54) is 0 Å². The largest absolute Gasteiger partial charge is 0.390 e. The third-order valence-electron chi connectivity index (χ3n) is 4.14. The fourth-order valence-corrected chi connectivity index (χ4v) is 2.99. The summed E-state index contributed by atoms with van der Waals surface area (Å²) in [7, 11) is 2.00. The highest BCUT2D eigenvalue weighted by atomic mass is 16.5. The normalized spacial score (nSPS) is 25.7. The molecule has 1 aliphatic rings. The third kappa shape index (κ3) is 3.44. The van der Waals surface area contributed by atoms with Crippen molar-refractivity contribution < 1.29 is 14.9 Å². The molecule has 1 aliphatic heterocycles. The summed E-state index contributed by atoms with van der Waals surface area (Å²) in [5, 5.41) is 20.8. The number of hydrogen-bond acceptors (Lipinski definition) is 5. The fraction of sp³-hybridized carbons (Fsp3) is 0.471. The molecule has 22 heavy (non-hydrogen) atoms. The predicted octanol–water partition coefficient (Wildman–Crippen LogP) is 1.03. The topological polar surface area (TPSA) is 65.8 Å². The Bertz CT molecular complexity index is 634. The van der Waals surface area contributed by atoms with Gasteiger partial charge in [-0.25, -0.2) is 0 Å². The van der Waals surface area contributed by atoms with E-state index in [4.69, 9.17) is 4.74 Å². The summed E-state index contributed by atoms with van der Waals surface area (Å²) >= 11 is 0. The predicted molar refractivity (Wildman–Crippen MR) is 84.4 cm³/mol. The number of fused-ring (bicyclic) bond motifs is 1. The van der Waals surface area contributed by atoms with Gasteiger partial charge in [0.05, 0.1) is 24.8 Å². The van der Waals surface area contributed by atoms with Gasteiger partial charge >= 0.3 is 0 Å². The minimum atomic E-state index is -0.783. The second-order valence-corrected chi connectivity index (χ2v) is 6.09. The maximum atomic E-state index is 10.0. The number of para-hydroxylation sites is 1. The molecule has 3 atom stereocenters. The molecule has 1 aromatic carbocycles. The summed E-state index contributed by atoms with van der Waals surface area (Å²) < 4.78 is 5.32. The lowest BCUT2D eigenvalue weighted by atomic mass is 9.96. The van der Waals surface area contributed by atoms with E-state index in [0.29, 0.717) is 13.2 Å². The summed E-state index contributed by atoms with van der Waals surface area (Å²) in [6.07, 6.45) is 0.391. The highest BCUT2D eigenvalue weighted by Gasteiger charge is 2.31. The van der Waals surface area contributed by atoms with Crippen LogP contribution in [0.15, 0.2) is 36.5 Å². The number of hydrogen-bond donors (Lipinski definition) is 2. The smallest absolute Gasteiger partial charge is 0.104 e. The lowest BCUT2D eigenvalue weighted by Crippen LogP contribution is -2.47. The first-order valence-electron chi connectivity index (χ1n) is 7.59. The fourth-order valence-electron chi connectivity index (χ4n) is 2.99. The molecule has 118 valence electrons. The minimum Gasteiger partial charge on any atom is -0.390 e. The summed E-state index contributed by atoms with van der Waals surface area (Å²) in [5.74, 6) is -0.0674. The highest BCUT2D eigenvalue weighted by molar-refractivity contribution is 5.78. The van der Waals surface area contributed by atoms with Gasteiger partial charge in [0.1, 0.15) is 6.10 Å². The average Bonchev–Trinajstić information content (AvgIpc) is 2.52. The van der Waals surface area contributed by atoms with E-state index in [9.17, 15) is 10.2 Å². The van der Waals surface area contributed by atoms with Crippen LogP contribution in [0.3, 0.4) is 0 Å². The molecular formula is C17H22N2O3. The van der Waals surface area contributed by atoms with Crippen LogP contribution < -0.4 is 0 Å². The second kappa shape index (κ2) is 6.71. The van der Waals surface area contributed by atoms with Crippen molar-refractivity contribution in [3.8, 4) is 0 Å². The first kappa shape index (κ1) is 15.4. The van der Waals surface area contributed by atoms with Crippen molar-refractivity contribution in [1.82, 2.24) is 9.88 Å². The molecule has 0 spiro atoms. The van der Waals surface area contributed by atoms with Crippen LogP contribution in [-0.4, -0.2) is 59.1 Å². The standard InChI is InChI=1S/C17H22N2O3/c1-19(9-14-10-22-11-16(20)17(14)21)8-12-6-13-4-2-3-5-15(13)18-7-12/h2-7,14,16-17,20-21H,8-11H2,1H3/t14-,16-,17+/m1/s1. The number of ether oxygens (including phenoxy) is 1. The Morgan fingerprint density at radius 2 is 2.09 bits per heavy atom. The van der Waals surface area contributed by atoms with Crippen LogP contribution in [0.1, 0.15) is 5.56 Å². The molecule has 1 fully saturated rings. The maximum Gasteiger partial charge on any atom is 0.104 e. The molecule has 2 N–H and O–H groups in total. The van der Waals surface area contributed by atoms with Crippen molar-refractivity contribution in [3.05, 3.63) is 42.1 Å². The number of aromatic nitrogens is 1. The Kier molecular flexibility index (Phi) is 4.69. The molecule has 0 bridgehead atoms. The van der Waals surface area contributed by atoms with Gasteiger partial charge in [-0.2, -0.15) is 0 Å². The monoisotopic (exact) mass is 302 g/mol. The van der Waals surface area contributed by atoms with Crippen LogP contribution >= 0.6 is 0 Å². The Hall–Kier alpha value is -1.53. The molecule has 5 nitrogen and oxygen atoms in total. The van der Waals surface area contributed by atoms with E-state index in [2.05, 4.69) is 22.0 Å². The lowest BCUT2D eigenvalue weighted by Gasteiger charge is -2.34. The second-order valence-electron chi connectivity index (χ2n) is 6.09. The van der Waals surface area contributed by atoms with Gasteiger partial charge in [-0.15, -0.1) is 0 Å². The lowest BCUT2D eigenvalue weighted by molar-refractivity contribution is -0.125. The van der Waals surface area contributed by atoms with Crippen molar-refractivity contribution in [2.75, 3.05) is 26.8 Å². The zero-order valence-corrected chi connectivity index (χ0v) is 12.7. The van der Waals surface area contributed by atoms with E-state index in [1.807, 2.05) is 31.4 Å². The maximum absolute atomic E-state index is 10.0. The number of pyridine rings is 1. The van der Waals surface area contributed by atoms with Gasteiger partial charge in [0, 0.05) is 30.6 Å². The molecular weight excluding hydrogens is 280 g/mol. The Balaban J connectivity index is 1.63. The van der Waals surface area contributed by atoms with Gasteiger partial charge in [-0.1, -0.05) is 18.2 Å². The molecule has 2 heterocycles. The van der Waals surface area contributed by atoms with Crippen LogP contribution in [0.5, 0.6) is 0 Å². The summed E-state index contributed by atoms with van der Waals surface area (Å²) in [4.78, 5) is 6.59. The van der Waals surface area contributed by atoms with E-state index in [1.54, 1.807) is 0 Å². The van der Waals surface area contributed by atoms with Gasteiger partial charge in [0.2, 0.25) is 0 Å². The van der Waals surface area contributed by atoms with E-state index in [-0.39, 0.29) is 12.5 Å². The number of benzene rings is 1. The Labute approximate surface area is 130 Å². The number of aliphatic hydroxyl groups excluding tert-OH is 2. The van der Waals surface area contributed by atoms with Crippen LogP contribution in [0.4, 0.5) is 0 Å². The van der Waals surface area contributed by atoms with Crippen LogP contribution in [0.2, 0.25) is 0 Å². The van der Waals surface area contributed by atoms with Crippen molar-refractivity contribution in [2.24, 2.45) is 5.92 Å². The van der Waals surface area contributed by atoms with E-state index >= 15 is 0 Å². The Morgan fingerprint density at radius 3 is 2.95 bits per heavy atom. The van der Waals surface area contributed by atoms with Gasteiger partial charge < -0.3 is 19.8 Å². The molecule has 0 saturated carbocycles. The number of nitrogens with zero attached hydrogens (tertiary/aromatic N) is 2. The van der Waals surface area contributed by atoms with Gasteiger partial charge in [-0.3, -0.25) is 4.98 Å². The third-order valence-corrected chi connectivity index (χ3v) is 4.14. The first-order chi connectivity index (χ1) is 10.6. The molecule has 2 aromatic rings. The molecule has 1 saturated heterocycles. The number of aliphatic hydroxyl groups is 2. The van der Waals surface area contributed by atoms with E-state index in [0.717, 1.165) is 23.0 Å². The minimum absolute atomic E-state index is 0.0674. The quantitative estimate of drug-likeness (QED) is 0.883. The van der Waals surface area contributed by atoms with E-state index < -0.39 is 12.2 Å². The SMILES string of the molecule is CN(Cc1cnc2ccccc2c1)C[C@@H]1COC[C@@H](O)[C@H]1O. The molecule has 1 aromatic heterocycles. The average molecular weight is 302 g/mol. The van der Waals surface area contributed by atoms with Crippen LogP contribution in [-0.2, 0) is 11.3 Å². The van der Waals surface area contributed by atoms with Gasteiger partial charge in [0.25, 0.3) is 0 Å². The summed E-state index contributed by atoms with van der Waals surface area (Å²) in [6, 6.07) is 10.2. The molecule has 0 radical (unpaired) electrons. The highest BCUT2D eigenvalue weighted by Crippen LogP contribution is 2.18. The van der Waals surface area contributed by atoms with Crippen molar-refractivity contribution >= 4 is 10.9 Å². The van der Waals surface area contributed by atoms with Crippen molar-refractivity contribution in [1.29, 1.82) is 0 Å². The van der Waals surface area contributed by atoms with Crippen molar-refractivity contribution in [3.63, 3.8) is 0 Å². The molecule has 3 rings (SSSR count). The number of rotatable bonds is 4. The van der Waals surface area contributed by atoms with Crippen molar-refractivity contribution in [2.45, 2.75) is 18.8 Å². The molecule has 0 amide bonds. The van der Waals surface area contributed by atoms with Crippen LogP contribution in [0.25, 0.3) is 10.9 Å². The summed E-state index contributed by atoms with van der Waals surface area (Å²) in [5.41, 5.74) is 2.13. The zero-order valence-electron chi connectivity index (χ0n) is 12.7. The molecule has 0 aliphatic carbocycles. The molecule has 5 heteroatoms. The zero-order chi connectivity index (χ0) is 15.5. The summed E-state index contributed by atoms with van der Waals surface area (Å²) in [6.45, 7) is 2.12. The first-order valence-corrected chi connectivity index (χ1v) is 7.59.